The lowest BCUT2D eigenvalue weighted by atomic mass is 10.0. The number of hydrogen-bond acceptors (Lipinski definition) is 4. The molecule has 2 rings (SSSR count). The van der Waals surface area contributed by atoms with Gasteiger partial charge in [0.25, 0.3) is 0 Å². The predicted octanol–water partition coefficient (Wildman–Crippen LogP) is 1.28. The summed E-state index contributed by atoms with van der Waals surface area (Å²) in [5.41, 5.74) is 0.630. The van der Waals surface area contributed by atoms with Crippen LogP contribution in [0.4, 0.5) is 0 Å². The van der Waals surface area contributed by atoms with E-state index in [2.05, 4.69) is 28.5 Å². The first-order valence-electron chi connectivity index (χ1n) is 7.06. The molecular formula is C15H20N2O3S. The van der Waals surface area contributed by atoms with Gasteiger partial charge in [0.2, 0.25) is 10.0 Å². The molecule has 0 bridgehead atoms. The summed E-state index contributed by atoms with van der Waals surface area (Å²) in [5, 5.41) is 8.66. The van der Waals surface area contributed by atoms with Crippen molar-refractivity contribution < 1.29 is 13.5 Å². The van der Waals surface area contributed by atoms with Crippen molar-refractivity contribution in [2.24, 2.45) is 5.41 Å². The Hall–Kier alpha value is -1.42. The van der Waals surface area contributed by atoms with E-state index in [-0.39, 0.29) is 16.9 Å². The van der Waals surface area contributed by atoms with Gasteiger partial charge in [0.15, 0.2) is 0 Å². The fraction of sp³-hybridized carbons (Fsp3) is 0.533. The Morgan fingerprint density at radius 1 is 1.43 bits per heavy atom. The van der Waals surface area contributed by atoms with Gasteiger partial charge in [-0.05, 0) is 30.7 Å². The zero-order valence-corrected chi connectivity index (χ0v) is 12.9. The minimum Gasteiger partial charge on any atom is -0.384 e. The Kier molecular flexibility index (Phi) is 4.99. The van der Waals surface area contributed by atoms with Gasteiger partial charge in [-0.25, -0.2) is 13.1 Å². The van der Waals surface area contributed by atoms with Gasteiger partial charge in [-0.1, -0.05) is 25.2 Å². The van der Waals surface area contributed by atoms with E-state index >= 15 is 0 Å². The van der Waals surface area contributed by atoms with E-state index in [0.29, 0.717) is 12.1 Å². The number of sulfonamides is 1. The lowest BCUT2D eigenvalue weighted by Crippen LogP contribution is -2.30. The Morgan fingerprint density at radius 3 is 2.81 bits per heavy atom. The molecule has 0 amide bonds. The molecule has 5 nitrogen and oxygen atoms in total. The van der Waals surface area contributed by atoms with Crippen LogP contribution >= 0.6 is 0 Å². The van der Waals surface area contributed by atoms with Gasteiger partial charge in [-0.15, -0.1) is 0 Å². The Morgan fingerprint density at radius 2 is 2.19 bits per heavy atom. The number of nitrogens with zero attached hydrogens (tertiary/aromatic N) is 1. The fourth-order valence-electron chi connectivity index (χ4n) is 2.33. The highest BCUT2D eigenvalue weighted by molar-refractivity contribution is 7.89. The third-order valence-corrected chi connectivity index (χ3v) is 5.08. The largest absolute Gasteiger partial charge is 0.384 e. The van der Waals surface area contributed by atoms with Crippen molar-refractivity contribution in [3.8, 4) is 11.8 Å². The summed E-state index contributed by atoms with van der Waals surface area (Å²) in [6.45, 7) is 2.33. The maximum absolute atomic E-state index is 12.3. The van der Waals surface area contributed by atoms with Crippen LogP contribution in [0.3, 0.4) is 0 Å². The first-order chi connectivity index (χ1) is 10.0. The highest BCUT2D eigenvalue weighted by Gasteiger charge is 2.42. The number of hydrogen-bond donors (Lipinski definition) is 2. The SMILES string of the molecule is CCCC1(CNS(=O)(=O)c2cncc(C#CCO)c2)CC1. The third-order valence-electron chi connectivity index (χ3n) is 3.71. The molecule has 1 aromatic heterocycles. The monoisotopic (exact) mass is 308 g/mol. The minimum absolute atomic E-state index is 0.111. The van der Waals surface area contributed by atoms with Crippen molar-refractivity contribution in [1.82, 2.24) is 9.71 Å². The molecule has 1 aliphatic carbocycles. The van der Waals surface area contributed by atoms with Crippen LogP contribution in [-0.2, 0) is 10.0 Å². The van der Waals surface area contributed by atoms with Gasteiger partial charge in [0.1, 0.15) is 11.5 Å². The summed E-state index contributed by atoms with van der Waals surface area (Å²) in [6.07, 6.45) is 7.07. The zero-order chi connectivity index (χ0) is 15.3. The molecule has 21 heavy (non-hydrogen) atoms. The molecule has 1 aliphatic rings. The summed E-state index contributed by atoms with van der Waals surface area (Å²) in [6, 6.07) is 1.47. The number of pyridine rings is 1. The Balaban J connectivity index is 2.09. The Labute approximate surface area is 125 Å². The molecule has 2 N–H and O–H groups in total. The lowest BCUT2D eigenvalue weighted by molar-refractivity contribution is 0.350. The van der Waals surface area contributed by atoms with E-state index in [9.17, 15) is 8.42 Å². The molecule has 0 saturated heterocycles. The van der Waals surface area contributed by atoms with Crippen molar-refractivity contribution >= 4 is 10.0 Å². The molecule has 0 unspecified atom stereocenters. The third kappa shape index (κ3) is 4.27. The van der Waals surface area contributed by atoms with Crippen molar-refractivity contribution in [3.63, 3.8) is 0 Å². The molecule has 1 saturated carbocycles. The van der Waals surface area contributed by atoms with Gasteiger partial charge < -0.3 is 5.11 Å². The first-order valence-corrected chi connectivity index (χ1v) is 8.54. The van der Waals surface area contributed by atoms with Crippen molar-refractivity contribution in [2.45, 2.75) is 37.5 Å². The number of aliphatic hydroxyl groups excluding tert-OH is 1. The van der Waals surface area contributed by atoms with Crippen LogP contribution in [0, 0.1) is 17.3 Å². The molecule has 0 atom stereocenters. The first kappa shape index (κ1) is 16.0. The van der Waals surface area contributed by atoms with Crippen LogP contribution in [0.15, 0.2) is 23.4 Å². The number of nitrogens with one attached hydrogen (secondary N) is 1. The average molecular weight is 308 g/mol. The normalized spacial score (nSPS) is 16.1. The molecule has 1 heterocycles. The smallest absolute Gasteiger partial charge is 0.242 e. The van der Waals surface area contributed by atoms with E-state index in [1.807, 2.05) is 0 Å². The maximum Gasteiger partial charge on any atom is 0.242 e. The molecule has 114 valence electrons. The quantitative estimate of drug-likeness (QED) is 0.776. The van der Waals surface area contributed by atoms with Crippen LogP contribution in [0.2, 0.25) is 0 Å². The van der Waals surface area contributed by atoms with Crippen LogP contribution in [0.5, 0.6) is 0 Å². The zero-order valence-electron chi connectivity index (χ0n) is 12.1. The van der Waals surface area contributed by atoms with Gasteiger partial charge in [-0.2, -0.15) is 0 Å². The molecule has 0 radical (unpaired) electrons. The molecule has 0 aromatic carbocycles. The Bertz CT molecular complexity index is 655. The van der Waals surface area contributed by atoms with Crippen LogP contribution in [0.25, 0.3) is 0 Å². The van der Waals surface area contributed by atoms with Gasteiger partial charge >= 0.3 is 0 Å². The standard InChI is InChI=1S/C15H20N2O3S/c1-2-5-15(6-7-15)12-17-21(19,20)14-9-13(4-3-8-18)10-16-11-14/h9-11,17-18H,2,5-8,12H2,1H3. The molecular weight excluding hydrogens is 288 g/mol. The lowest BCUT2D eigenvalue weighted by Gasteiger charge is -2.15. The summed E-state index contributed by atoms with van der Waals surface area (Å²) < 4.78 is 27.3. The molecule has 6 heteroatoms. The maximum atomic E-state index is 12.3. The van der Waals surface area contributed by atoms with Crippen LogP contribution < -0.4 is 4.72 Å². The number of aliphatic hydroxyl groups is 1. The second kappa shape index (κ2) is 6.56. The predicted molar refractivity (Wildman–Crippen MR) is 80.0 cm³/mol. The highest BCUT2D eigenvalue weighted by atomic mass is 32.2. The van der Waals surface area contributed by atoms with E-state index < -0.39 is 10.0 Å². The number of aromatic nitrogens is 1. The molecule has 1 fully saturated rings. The summed E-state index contributed by atoms with van der Waals surface area (Å²) in [5.74, 6) is 5.13. The van der Waals surface area contributed by atoms with Crippen LogP contribution in [-0.4, -0.2) is 31.7 Å². The molecule has 1 aromatic rings. The average Bonchev–Trinajstić information content (AvgIpc) is 3.24. The van der Waals surface area contributed by atoms with E-state index in [0.717, 1.165) is 25.7 Å². The molecule has 0 spiro atoms. The van der Waals surface area contributed by atoms with Gasteiger partial charge in [-0.3, -0.25) is 4.98 Å². The number of rotatable bonds is 6. The topological polar surface area (TPSA) is 79.3 Å². The van der Waals surface area contributed by atoms with Crippen molar-refractivity contribution in [3.05, 3.63) is 24.0 Å². The molecule has 0 aliphatic heterocycles. The second-order valence-electron chi connectivity index (χ2n) is 5.44. The van der Waals surface area contributed by atoms with E-state index in [1.165, 1.54) is 18.5 Å². The van der Waals surface area contributed by atoms with Crippen molar-refractivity contribution in [2.75, 3.05) is 13.2 Å². The van der Waals surface area contributed by atoms with Crippen molar-refractivity contribution in [1.29, 1.82) is 0 Å². The van der Waals surface area contributed by atoms with Gasteiger partial charge in [0, 0.05) is 24.5 Å². The van der Waals surface area contributed by atoms with Crippen LogP contribution in [0.1, 0.15) is 38.2 Å². The van der Waals surface area contributed by atoms with Gasteiger partial charge in [0.05, 0.1) is 0 Å². The summed E-state index contributed by atoms with van der Waals surface area (Å²) >= 11 is 0. The van der Waals surface area contributed by atoms with E-state index in [1.54, 1.807) is 0 Å². The highest BCUT2D eigenvalue weighted by Crippen LogP contribution is 2.49. The van der Waals surface area contributed by atoms with E-state index in [4.69, 9.17) is 5.11 Å². The summed E-state index contributed by atoms with van der Waals surface area (Å²) in [7, 11) is -3.56. The fourth-order valence-corrected chi connectivity index (χ4v) is 3.47. The minimum atomic E-state index is -3.56. The second-order valence-corrected chi connectivity index (χ2v) is 7.21. The summed E-state index contributed by atoms with van der Waals surface area (Å²) in [4.78, 5) is 4.01.